The highest BCUT2D eigenvalue weighted by Crippen LogP contribution is 2.22. The molecule has 0 unspecified atom stereocenters. The fraction of sp³-hybridized carbons (Fsp3) is 0.533. The van der Waals surface area contributed by atoms with Gasteiger partial charge in [-0.2, -0.15) is 4.31 Å². The van der Waals surface area contributed by atoms with Crippen molar-refractivity contribution in [2.75, 3.05) is 32.8 Å². The van der Waals surface area contributed by atoms with E-state index in [4.69, 9.17) is 4.74 Å². The zero-order chi connectivity index (χ0) is 16.2. The van der Waals surface area contributed by atoms with E-state index in [1.807, 2.05) is 0 Å². The second-order valence-electron chi connectivity index (χ2n) is 5.21. The van der Waals surface area contributed by atoms with E-state index >= 15 is 0 Å². The molecule has 0 aromatic heterocycles. The lowest BCUT2D eigenvalue weighted by atomic mass is 10.1. The lowest BCUT2D eigenvalue weighted by Crippen LogP contribution is -2.34. The second kappa shape index (κ2) is 8.63. The zero-order valence-electron chi connectivity index (χ0n) is 13.4. The number of sulfonamides is 1. The Labute approximate surface area is 143 Å². The van der Waals surface area contributed by atoms with Gasteiger partial charge in [0.1, 0.15) is 0 Å². The number of halogens is 1. The number of hydrogen-bond donors (Lipinski definition) is 1. The second-order valence-corrected chi connectivity index (χ2v) is 7.11. The van der Waals surface area contributed by atoms with E-state index in [1.54, 1.807) is 26.0 Å². The zero-order valence-corrected chi connectivity index (χ0v) is 15.0. The van der Waals surface area contributed by atoms with Crippen LogP contribution < -0.4 is 5.32 Å². The van der Waals surface area contributed by atoms with Gasteiger partial charge < -0.3 is 10.1 Å². The topological polar surface area (TPSA) is 75.7 Å². The highest BCUT2D eigenvalue weighted by molar-refractivity contribution is 7.89. The van der Waals surface area contributed by atoms with Gasteiger partial charge in [-0.05, 0) is 44.5 Å². The Kier molecular flexibility index (Phi) is 7.47. The van der Waals surface area contributed by atoms with Gasteiger partial charge >= 0.3 is 5.97 Å². The molecule has 0 atom stereocenters. The van der Waals surface area contributed by atoms with Crippen LogP contribution in [-0.2, 0) is 14.8 Å². The summed E-state index contributed by atoms with van der Waals surface area (Å²) >= 11 is 0. The van der Waals surface area contributed by atoms with Gasteiger partial charge in [0, 0.05) is 19.6 Å². The highest BCUT2D eigenvalue weighted by Gasteiger charge is 2.27. The van der Waals surface area contributed by atoms with Crippen molar-refractivity contribution in [2.24, 2.45) is 0 Å². The third-order valence-corrected chi connectivity index (χ3v) is 5.66. The van der Waals surface area contributed by atoms with E-state index in [2.05, 4.69) is 5.32 Å². The summed E-state index contributed by atoms with van der Waals surface area (Å²) < 4.78 is 32.1. The molecule has 2 rings (SSSR count). The van der Waals surface area contributed by atoms with E-state index in [1.165, 1.54) is 10.4 Å². The summed E-state index contributed by atoms with van der Waals surface area (Å²) in [6.45, 7) is 6.08. The number of rotatable bonds is 4. The molecule has 1 aliphatic heterocycles. The van der Waals surface area contributed by atoms with Crippen LogP contribution in [0.4, 0.5) is 0 Å². The van der Waals surface area contributed by atoms with Crippen LogP contribution in [0.2, 0.25) is 0 Å². The number of nitrogens with zero attached hydrogens (tertiary/aromatic N) is 1. The molecular formula is C15H23ClN2O4S. The van der Waals surface area contributed by atoms with Crippen molar-refractivity contribution in [2.45, 2.75) is 25.2 Å². The molecular weight excluding hydrogens is 340 g/mol. The Morgan fingerprint density at radius 1 is 1.30 bits per heavy atom. The maximum Gasteiger partial charge on any atom is 0.338 e. The minimum absolute atomic E-state index is 0. The molecule has 1 heterocycles. The third kappa shape index (κ3) is 4.67. The number of aryl methyl sites for hydroxylation is 1. The quantitative estimate of drug-likeness (QED) is 0.823. The molecule has 6 nitrogen and oxygen atoms in total. The first kappa shape index (κ1) is 19.9. The average Bonchev–Trinajstić information content (AvgIpc) is 2.77. The largest absolute Gasteiger partial charge is 0.462 e. The average molecular weight is 363 g/mol. The van der Waals surface area contributed by atoms with Crippen LogP contribution in [0.1, 0.15) is 29.3 Å². The summed E-state index contributed by atoms with van der Waals surface area (Å²) in [7, 11) is -3.60. The van der Waals surface area contributed by atoms with Crippen LogP contribution in [0.15, 0.2) is 23.1 Å². The fourth-order valence-electron chi connectivity index (χ4n) is 2.42. The van der Waals surface area contributed by atoms with Gasteiger partial charge in [0.15, 0.2) is 0 Å². The van der Waals surface area contributed by atoms with Crippen molar-refractivity contribution in [3.05, 3.63) is 29.3 Å². The van der Waals surface area contributed by atoms with Crippen molar-refractivity contribution in [3.63, 3.8) is 0 Å². The predicted octanol–water partition coefficient (Wildman–Crippen LogP) is 1.58. The van der Waals surface area contributed by atoms with Crippen LogP contribution in [0.25, 0.3) is 0 Å². The van der Waals surface area contributed by atoms with Crippen LogP contribution in [-0.4, -0.2) is 51.5 Å². The molecule has 130 valence electrons. The van der Waals surface area contributed by atoms with Crippen LogP contribution in [0.3, 0.4) is 0 Å². The van der Waals surface area contributed by atoms with Crippen LogP contribution >= 0.6 is 12.4 Å². The summed E-state index contributed by atoms with van der Waals surface area (Å²) in [6, 6.07) is 4.66. The number of benzene rings is 1. The number of esters is 1. The van der Waals surface area contributed by atoms with Crippen molar-refractivity contribution >= 4 is 28.4 Å². The minimum atomic E-state index is -3.60. The molecule has 1 aliphatic rings. The first-order chi connectivity index (χ1) is 10.5. The highest BCUT2D eigenvalue weighted by atomic mass is 35.5. The third-order valence-electron chi connectivity index (χ3n) is 3.62. The minimum Gasteiger partial charge on any atom is -0.462 e. The number of hydrogen-bond acceptors (Lipinski definition) is 5. The lowest BCUT2D eigenvalue weighted by molar-refractivity contribution is 0.0526. The predicted molar refractivity (Wildman–Crippen MR) is 90.6 cm³/mol. The summed E-state index contributed by atoms with van der Waals surface area (Å²) in [6.07, 6.45) is 0.774. The molecule has 0 amide bonds. The molecule has 0 aliphatic carbocycles. The number of carbonyl (C=O) groups is 1. The monoisotopic (exact) mass is 362 g/mol. The molecule has 0 saturated carbocycles. The van der Waals surface area contributed by atoms with Crippen molar-refractivity contribution < 1.29 is 17.9 Å². The standard InChI is InChI=1S/C15H22N2O4S.ClH/c1-3-21-15(18)13-6-5-12(2)14(11-13)22(19,20)17-9-4-7-16-8-10-17;/h5-6,11,16H,3-4,7-10H2,1-2H3;1H. The molecule has 1 aromatic rings. The Morgan fingerprint density at radius 3 is 2.74 bits per heavy atom. The van der Waals surface area contributed by atoms with Gasteiger partial charge in [-0.1, -0.05) is 6.07 Å². The smallest absolute Gasteiger partial charge is 0.338 e. The van der Waals surface area contributed by atoms with Gasteiger partial charge in [0.2, 0.25) is 10.0 Å². The van der Waals surface area contributed by atoms with E-state index in [9.17, 15) is 13.2 Å². The Bertz CT molecular complexity index is 641. The van der Waals surface area contributed by atoms with Crippen LogP contribution in [0, 0.1) is 6.92 Å². The summed E-state index contributed by atoms with van der Waals surface area (Å²) in [5.41, 5.74) is 0.893. The van der Waals surface area contributed by atoms with Gasteiger partial charge in [-0.25, -0.2) is 13.2 Å². The number of ether oxygens (including phenoxy) is 1. The SMILES string of the molecule is CCOC(=O)c1ccc(C)c(S(=O)(=O)N2CCCNCC2)c1.Cl. The molecule has 1 saturated heterocycles. The normalized spacial score (nSPS) is 16.3. The summed E-state index contributed by atoms with van der Waals surface area (Å²) in [5, 5.41) is 3.18. The molecule has 0 spiro atoms. The molecule has 1 fully saturated rings. The Balaban J connectivity index is 0.00000264. The van der Waals surface area contributed by atoms with Gasteiger partial charge in [-0.3, -0.25) is 0 Å². The fourth-order valence-corrected chi connectivity index (χ4v) is 4.15. The molecule has 1 aromatic carbocycles. The van der Waals surface area contributed by atoms with E-state index < -0.39 is 16.0 Å². The maximum atomic E-state index is 12.8. The molecule has 0 radical (unpaired) electrons. The lowest BCUT2D eigenvalue weighted by Gasteiger charge is -2.21. The summed E-state index contributed by atoms with van der Waals surface area (Å²) in [5.74, 6) is -0.503. The first-order valence-electron chi connectivity index (χ1n) is 7.45. The van der Waals surface area contributed by atoms with Gasteiger partial charge in [-0.15, -0.1) is 12.4 Å². The van der Waals surface area contributed by atoms with Gasteiger partial charge in [0.05, 0.1) is 17.1 Å². The Morgan fingerprint density at radius 2 is 2.04 bits per heavy atom. The number of nitrogens with one attached hydrogen (secondary N) is 1. The molecule has 1 N–H and O–H groups in total. The Hall–Kier alpha value is -1.15. The molecule has 0 bridgehead atoms. The molecule has 23 heavy (non-hydrogen) atoms. The van der Waals surface area contributed by atoms with Crippen molar-refractivity contribution in [1.29, 1.82) is 0 Å². The van der Waals surface area contributed by atoms with Gasteiger partial charge in [0.25, 0.3) is 0 Å². The van der Waals surface area contributed by atoms with E-state index in [0.717, 1.165) is 13.0 Å². The van der Waals surface area contributed by atoms with E-state index in [0.29, 0.717) is 25.2 Å². The first-order valence-corrected chi connectivity index (χ1v) is 8.89. The van der Waals surface area contributed by atoms with Crippen molar-refractivity contribution in [1.82, 2.24) is 9.62 Å². The maximum absolute atomic E-state index is 12.8. The summed E-state index contributed by atoms with van der Waals surface area (Å²) in [4.78, 5) is 12.0. The van der Waals surface area contributed by atoms with E-state index in [-0.39, 0.29) is 29.5 Å². The molecule has 8 heteroatoms. The van der Waals surface area contributed by atoms with Crippen LogP contribution in [0.5, 0.6) is 0 Å². The van der Waals surface area contributed by atoms with Crippen molar-refractivity contribution in [3.8, 4) is 0 Å². The number of carbonyl (C=O) groups excluding carboxylic acids is 1.